The SMILES string of the molecule is CN1CCc2[nH]nc(C(=O)NCc3ccn4cnnc4c3)c2C1. The van der Waals surface area contributed by atoms with Crippen LogP contribution in [0.25, 0.3) is 5.65 Å². The van der Waals surface area contributed by atoms with Crippen molar-refractivity contribution in [2.24, 2.45) is 0 Å². The predicted molar refractivity (Wildman–Crippen MR) is 82.8 cm³/mol. The molecule has 4 rings (SSSR count). The van der Waals surface area contributed by atoms with Crippen LogP contribution >= 0.6 is 0 Å². The van der Waals surface area contributed by atoms with E-state index >= 15 is 0 Å². The highest BCUT2D eigenvalue weighted by molar-refractivity contribution is 5.94. The second kappa shape index (κ2) is 5.47. The zero-order chi connectivity index (χ0) is 15.8. The van der Waals surface area contributed by atoms with Gasteiger partial charge in [-0.15, -0.1) is 10.2 Å². The first-order valence-corrected chi connectivity index (χ1v) is 7.52. The molecule has 0 aliphatic carbocycles. The molecule has 8 nitrogen and oxygen atoms in total. The summed E-state index contributed by atoms with van der Waals surface area (Å²) in [6.45, 7) is 2.16. The van der Waals surface area contributed by atoms with Crippen molar-refractivity contribution in [1.29, 1.82) is 0 Å². The van der Waals surface area contributed by atoms with Crippen LogP contribution in [0.5, 0.6) is 0 Å². The third-order valence-corrected chi connectivity index (χ3v) is 4.16. The van der Waals surface area contributed by atoms with Gasteiger partial charge in [0, 0.05) is 43.5 Å². The standard InChI is InChI=1S/C15H17N7O/c1-21-4-3-12-11(8-21)14(20-18-12)15(23)16-7-10-2-5-22-9-17-19-13(22)6-10/h2,5-6,9H,3-4,7-8H2,1H3,(H,16,23)(H,18,20). The second-order valence-corrected chi connectivity index (χ2v) is 5.83. The van der Waals surface area contributed by atoms with Crippen LogP contribution in [0.4, 0.5) is 0 Å². The first kappa shape index (κ1) is 13.9. The number of H-pyrrole nitrogens is 1. The average molecular weight is 311 g/mol. The lowest BCUT2D eigenvalue weighted by Gasteiger charge is -2.22. The van der Waals surface area contributed by atoms with Gasteiger partial charge in [-0.2, -0.15) is 5.10 Å². The van der Waals surface area contributed by atoms with Gasteiger partial charge in [0.05, 0.1) is 0 Å². The lowest BCUT2D eigenvalue weighted by molar-refractivity contribution is 0.0944. The van der Waals surface area contributed by atoms with Crippen LogP contribution in [0.15, 0.2) is 24.7 Å². The first-order valence-electron chi connectivity index (χ1n) is 7.52. The number of rotatable bonds is 3. The molecule has 3 aromatic rings. The molecule has 1 amide bonds. The summed E-state index contributed by atoms with van der Waals surface area (Å²) in [5, 5.41) is 17.9. The van der Waals surface area contributed by atoms with Gasteiger partial charge in [0.25, 0.3) is 5.91 Å². The lowest BCUT2D eigenvalue weighted by atomic mass is 10.1. The summed E-state index contributed by atoms with van der Waals surface area (Å²) in [7, 11) is 2.05. The van der Waals surface area contributed by atoms with Crippen molar-refractivity contribution in [1.82, 2.24) is 35.0 Å². The summed E-state index contributed by atoms with van der Waals surface area (Å²) >= 11 is 0. The molecule has 0 bridgehead atoms. The molecule has 0 spiro atoms. The van der Waals surface area contributed by atoms with Gasteiger partial charge in [0.2, 0.25) is 0 Å². The third kappa shape index (κ3) is 2.57. The van der Waals surface area contributed by atoms with Crippen LogP contribution in [-0.4, -0.2) is 49.2 Å². The minimum Gasteiger partial charge on any atom is -0.347 e. The molecular weight excluding hydrogens is 294 g/mol. The smallest absolute Gasteiger partial charge is 0.272 e. The van der Waals surface area contributed by atoms with E-state index in [0.29, 0.717) is 12.2 Å². The Labute approximate surface area is 132 Å². The summed E-state index contributed by atoms with van der Waals surface area (Å²) < 4.78 is 1.82. The highest BCUT2D eigenvalue weighted by Gasteiger charge is 2.23. The van der Waals surface area contributed by atoms with Gasteiger partial charge in [-0.3, -0.25) is 14.3 Å². The number of nitrogens with zero attached hydrogens (tertiary/aromatic N) is 5. The summed E-state index contributed by atoms with van der Waals surface area (Å²) in [6, 6.07) is 3.84. The number of carbonyl (C=O) groups is 1. The van der Waals surface area contributed by atoms with Gasteiger partial charge in [0.1, 0.15) is 6.33 Å². The fourth-order valence-corrected chi connectivity index (χ4v) is 2.85. The highest BCUT2D eigenvalue weighted by Crippen LogP contribution is 2.19. The molecule has 0 atom stereocenters. The van der Waals surface area contributed by atoms with Crippen molar-refractivity contribution >= 4 is 11.6 Å². The lowest BCUT2D eigenvalue weighted by Crippen LogP contribution is -2.29. The molecule has 0 saturated carbocycles. The number of hydrogen-bond acceptors (Lipinski definition) is 5. The summed E-state index contributed by atoms with van der Waals surface area (Å²) in [5.41, 5.74) is 4.30. The van der Waals surface area contributed by atoms with Crippen molar-refractivity contribution in [3.63, 3.8) is 0 Å². The number of pyridine rings is 1. The summed E-state index contributed by atoms with van der Waals surface area (Å²) in [4.78, 5) is 14.6. The Morgan fingerprint density at radius 1 is 1.48 bits per heavy atom. The van der Waals surface area contributed by atoms with Crippen molar-refractivity contribution in [3.8, 4) is 0 Å². The van der Waals surface area contributed by atoms with E-state index in [1.807, 2.05) is 29.8 Å². The summed E-state index contributed by atoms with van der Waals surface area (Å²) in [5.74, 6) is -0.154. The minimum atomic E-state index is -0.154. The molecule has 0 saturated heterocycles. The van der Waals surface area contributed by atoms with Crippen LogP contribution in [0, 0.1) is 0 Å². The third-order valence-electron chi connectivity index (χ3n) is 4.16. The maximum absolute atomic E-state index is 12.4. The zero-order valence-corrected chi connectivity index (χ0v) is 12.8. The van der Waals surface area contributed by atoms with Crippen LogP contribution in [0.1, 0.15) is 27.3 Å². The van der Waals surface area contributed by atoms with E-state index in [2.05, 4.69) is 30.6 Å². The first-order chi connectivity index (χ1) is 11.2. The predicted octanol–water partition coefficient (Wildman–Crippen LogP) is 0.370. The molecule has 0 fully saturated rings. The average Bonchev–Trinajstić information content (AvgIpc) is 3.18. The maximum atomic E-state index is 12.4. The number of aromatic amines is 1. The Hall–Kier alpha value is -2.74. The Balaban J connectivity index is 1.49. The number of likely N-dealkylation sites (N-methyl/N-ethyl adjacent to an activating group) is 1. The minimum absolute atomic E-state index is 0.154. The van der Waals surface area contributed by atoms with E-state index in [4.69, 9.17) is 0 Å². The van der Waals surface area contributed by atoms with Gasteiger partial charge < -0.3 is 10.2 Å². The van der Waals surface area contributed by atoms with Gasteiger partial charge in [-0.1, -0.05) is 0 Å². The monoisotopic (exact) mass is 311 g/mol. The van der Waals surface area contributed by atoms with E-state index in [1.54, 1.807) is 6.33 Å². The Kier molecular flexibility index (Phi) is 3.30. The van der Waals surface area contributed by atoms with Crippen molar-refractivity contribution in [2.75, 3.05) is 13.6 Å². The molecule has 0 aromatic carbocycles. The maximum Gasteiger partial charge on any atom is 0.272 e. The van der Waals surface area contributed by atoms with Crippen LogP contribution in [0.2, 0.25) is 0 Å². The van der Waals surface area contributed by atoms with Gasteiger partial charge in [0.15, 0.2) is 11.3 Å². The zero-order valence-electron chi connectivity index (χ0n) is 12.8. The van der Waals surface area contributed by atoms with Gasteiger partial charge in [-0.05, 0) is 24.7 Å². The molecule has 1 aliphatic heterocycles. The fourth-order valence-electron chi connectivity index (χ4n) is 2.85. The van der Waals surface area contributed by atoms with E-state index < -0.39 is 0 Å². The molecular formula is C15H17N7O. The van der Waals surface area contributed by atoms with E-state index in [0.717, 1.165) is 42.0 Å². The fraction of sp³-hybridized carbons (Fsp3) is 0.333. The number of hydrogen-bond donors (Lipinski definition) is 2. The van der Waals surface area contributed by atoms with Gasteiger partial charge in [-0.25, -0.2) is 0 Å². The highest BCUT2D eigenvalue weighted by atomic mass is 16.1. The number of nitrogens with one attached hydrogen (secondary N) is 2. The number of amides is 1. The van der Waals surface area contributed by atoms with Gasteiger partial charge >= 0.3 is 0 Å². The van der Waals surface area contributed by atoms with Crippen LogP contribution in [-0.2, 0) is 19.5 Å². The molecule has 0 unspecified atom stereocenters. The number of carbonyl (C=O) groups excluding carboxylic acids is 1. The topological polar surface area (TPSA) is 91.2 Å². The Morgan fingerprint density at radius 2 is 2.39 bits per heavy atom. The molecule has 23 heavy (non-hydrogen) atoms. The van der Waals surface area contributed by atoms with E-state index in [1.165, 1.54) is 0 Å². The molecule has 4 heterocycles. The van der Waals surface area contributed by atoms with E-state index in [-0.39, 0.29) is 5.91 Å². The summed E-state index contributed by atoms with van der Waals surface area (Å²) in [6.07, 6.45) is 4.42. The molecule has 3 aromatic heterocycles. The Morgan fingerprint density at radius 3 is 3.30 bits per heavy atom. The second-order valence-electron chi connectivity index (χ2n) is 5.83. The quantitative estimate of drug-likeness (QED) is 0.729. The molecule has 1 aliphatic rings. The van der Waals surface area contributed by atoms with Crippen molar-refractivity contribution in [2.45, 2.75) is 19.5 Å². The normalized spacial score (nSPS) is 14.8. The molecule has 118 valence electrons. The van der Waals surface area contributed by atoms with Crippen LogP contribution in [0.3, 0.4) is 0 Å². The molecule has 0 radical (unpaired) electrons. The Bertz CT molecular complexity index is 866. The molecule has 8 heteroatoms. The number of fused-ring (bicyclic) bond motifs is 2. The largest absolute Gasteiger partial charge is 0.347 e. The van der Waals surface area contributed by atoms with Crippen molar-refractivity contribution < 1.29 is 4.79 Å². The van der Waals surface area contributed by atoms with Crippen LogP contribution < -0.4 is 5.32 Å². The van der Waals surface area contributed by atoms with Crippen molar-refractivity contribution in [3.05, 3.63) is 47.2 Å². The number of aromatic nitrogens is 5. The van der Waals surface area contributed by atoms with E-state index in [9.17, 15) is 4.79 Å². The molecule has 2 N–H and O–H groups in total.